The van der Waals surface area contributed by atoms with Crippen LogP contribution < -0.4 is 9.64 Å². The zero-order valence-electron chi connectivity index (χ0n) is 19.0. The Morgan fingerprint density at radius 1 is 1.15 bits per heavy atom. The van der Waals surface area contributed by atoms with Crippen molar-refractivity contribution in [2.45, 2.75) is 25.6 Å². The highest BCUT2D eigenvalue weighted by Crippen LogP contribution is 2.40. The Morgan fingerprint density at radius 2 is 1.94 bits per heavy atom. The molecule has 1 aliphatic heterocycles. The third-order valence-electron chi connectivity index (χ3n) is 5.70. The van der Waals surface area contributed by atoms with E-state index >= 15 is 0 Å². The zero-order chi connectivity index (χ0) is 24.1. The van der Waals surface area contributed by atoms with Crippen molar-refractivity contribution in [1.82, 2.24) is 4.98 Å². The number of H-pyrrole nitrogens is 1. The zero-order valence-corrected chi connectivity index (χ0v) is 19.0. The summed E-state index contributed by atoms with van der Waals surface area (Å²) in [4.78, 5) is 40.2. The number of carbonyl (C=O) groups excluding carboxylic acids is 3. The first-order chi connectivity index (χ1) is 16.5. The average Bonchev–Trinajstić information content (AvgIpc) is 3.33. The van der Waals surface area contributed by atoms with Crippen LogP contribution in [-0.2, 0) is 32.0 Å². The fraction of sp³-hybridized carbons (Fsp3) is 0.320. The average molecular weight is 466 g/mol. The summed E-state index contributed by atoms with van der Waals surface area (Å²) in [7, 11) is 2.62. The normalized spacial score (nSPS) is 15.0. The highest BCUT2D eigenvalue weighted by molar-refractivity contribution is 6.03. The van der Waals surface area contributed by atoms with Crippen LogP contribution in [0.4, 0.5) is 10.5 Å². The van der Waals surface area contributed by atoms with Crippen molar-refractivity contribution >= 4 is 34.9 Å². The third-order valence-corrected chi connectivity index (χ3v) is 5.70. The van der Waals surface area contributed by atoms with Crippen molar-refractivity contribution in [2.75, 3.05) is 32.3 Å². The van der Waals surface area contributed by atoms with Gasteiger partial charge in [0.15, 0.2) is 0 Å². The minimum absolute atomic E-state index is 0.158. The molecule has 34 heavy (non-hydrogen) atoms. The van der Waals surface area contributed by atoms with E-state index in [-0.39, 0.29) is 24.8 Å². The Hall–Kier alpha value is -3.85. The lowest BCUT2D eigenvalue weighted by Gasteiger charge is -2.34. The molecule has 1 amide bonds. The number of rotatable bonds is 8. The molecule has 0 unspecified atom stereocenters. The van der Waals surface area contributed by atoms with Crippen molar-refractivity contribution in [3.8, 4) is 5.75 Å². The lowest BCUT2D eigenvalue weighted by atomic mass is 9.95. The van der Waals surface area contributed by atoms with E-state index in [1.54, 1.807) is 12.1 Å². The molecule has 9 nitrogen and oxygen atoms in total. The van der Waals surface area contributed by atoms with Gasteiger partial charge in [0.25, 0.3) is 0 Å². The van der Waals surface area contributed by atoms with Gasteiger partial charge in [0.2, 0.25) is 0 Å². The molecule has 0 aliphatic carbocycles. The molecule has 1 aromatic heterocycles. The number of aldehydes is 1. The minimum atomic E-state index is -0.531. The molecule has 9 heteroatoms. The van der Waals surface area contributed by atoms with Gasteiger partial charge < -0.3 is 28.7 Å². The van der Waals surface area contributed by atoms with Gasteiger partial charge in [-0.2, -0.15) is 0 Å². The SMILES string of the molecule is COC(=O)c1cc2c3c(cc(OCCC=O)c2[nH]1)N(C(=O)OC)C[C@@H](OCc1ccccc1)C3. The van der Waals surface area contributed by atoms with Crippen molar-refractivity contribution in [3.63, 3.8) is 0 Å². The van der Waals surface area contributed by atoms with E-state index in [1.807, 2.05) is 30.3 Å². The van der Waals surface area contributed by atoms with Crippen molar-refractivity contribution in [1.29, 1.82) is 0 Å². The quantitative estimate of drug-likeness (QED) is 0.307. The molecular formula is C25H26N2O7. The largest absolute Gasteiger partial charge is 0.491 e. The van der Waals surface area contributed by atoms with E-state index in [1.165, 1.54) is 19.1 Å². The first kappa shape index (κ1) is 23.3. The molecule has 4 rings (SSSR count). The van der Waals surface area contributed by atoms with Crippen molar-refractivity contribution < 1.29 is 33.3 Å². The van der Waals surface area contributed by atoms with Crippen LogP contribution >= 0.6 is 0 Å². The van der Waals surface area contributed by atoms with Crippen LogP contribution in [0.1, 0.15) is 28.0 Å². The van der Waals surface area contributed by atoms with E-state index in [0.29, 0.717) is 41.9 Å². The van der Waals surface area contributed by atoms with Crippen molar-refractivity contribution in [3.05, 3.63) is 59.3 Å². The van der Waals surface area contributed by atoms with Gasteiger partial charge in [-0.3, -0.25) is 4.90 Å². The van der Waals surface area contributed by atoms with Gasteiger partial charge in [-0.05, 0) is 17.2 Å². The molecule has 1 atom stereocenters. The summed E-state index contributed by atoms with van der Waals surface area (Å²) in [5.41, 5.74) is 3.28. The first-order valence-corrected chi connectivity index (χ1v) is 10.9. The number of esters is 1. The minimum Gasteiger partial charge on any atom is -0.491 e. The van der Waals surface area contributed by atoms with Crippen LogP contribution in [0.3, 0.4) is 0 Å². The second-order valence-electron chi connectivity index (χ2n) is 7.84. The number of aromatic nitrogens is 1. The second-order valence-corrected chi connectivity index (χ2v) is 7.84. The fourth-order valence-electron chi connectivity index (χ4n) is 4.09. The summed E-state index contributed by atoms with van der Waals surface area (Å²) in [5, 5.41) is 0.709. The first-order valence-electron chi connectivity index (χ1n) is 10.9. The molecule has 0 radical (unpaired) electrons. The Kier molecular flexibility index (Phi) is 7.12. The van der Waals surface area contributed by atoms with E-state index in [4.69, 9.17) is 18.9 Å². The highest BCUT2D eigenvalue weighted by atomic mass is 16.5. The van der Waals surface area contributed by atoms with Gasteiger partial charge >= 0.3 is 12.1 Å². The van der Waals surface area contributed by atoms with Crippen LogP contribution in [0.15, 0.2) is 42.5 Å². The van der Waals surface area contributed by atoms with Gasteiger partial charge in [-0.25, -0.2) is 9.59 Å². The van der Waals surface area contributed by atoms with Gasteiger partial charge in [-0.1, -0.05) is 30.3 Å². The number of amides is 1. The molecule has 0 fully saturated rings. The van der Waals surface area contributed by atoms with E-state index in [2.05, 4.69) is 4.98 Å². The van der Waals surface area contributed by atoms with Gasteiger partial charge in [0, 0.05) is 24.3 Å². The number of hydrogen-bond acceptors (Lipinski definition) is 7. The number of benzene rings is 2. The molecule has 1 aliphatic rings. The fourth-order valence-corrected chi connectivity index (χ4v) is 4.09. The summed E-state index contributed by atoms with van der Waals surface area (Å²) in [5.74, 6) is -0.107. The Bertz CT molecular complexity index is 1190. The molecule has 0 saturated heterocycles. The van der Waals surface area contributed by atoms with Crippen LogP contribution in [-0.4, -0.2) is 56.8 Å². The lowest BCUT2D eigenvalue weighted by Crippen LogP contribution is -2.43. The molecule has 0 bridgehead atoms. The highest BCUT2D eigenvalue weighted by Gasteiger charge is 2.33. The topological polar surface area (TPSA) is 107 Å². The van der Waals surface area contributed by atoms with Gasteiger partial charge in [-0.15, -0.1) is 0 Å². The smallest absolute Gasteiger partial charge is 0.414 e. The predicted molar refractivity (Wildman–Crippen MR) is 124 cm³/mol. The lowest BCUT2D eigenvalue weighted by molar-refractivity contribution is -0.108. The van der Waals surface area contributed by atoms with E-state index in [0.717, 1.165) is 17.4 Å². The van der Waals surface area contributed by atoms with Crippen LogP contribution in [0.5, 0.6) is 5.75 Å². The van der Waals surface area contributed by atoms with Crippen molar-refractivity contribution in [2.24, 2.45) is 0 Å². The Labute approximate surface area is 196 Å². The standard InChI is InChI=1S/C25H26N2O7/c1-31-24(29)20-12-19-18-11-17(34-15-16-7-4-3-5-8-16)14-27(25(30)32-2)21(18)13-22(23(19)26-20)33-10-6-9-28/h3-5,7-9,12-13,17,26H,6,10-11,14-15H2,1-2H3/t17-/m0/s1. The molecule has 1 N–H and O–H groups in total. The number of nitrogens with zero attached hydrogens (tertiary/aromatic N) is 1. The number of fused-ring (bicyclic) bond motifs is 3. The van der Waals surface area contributed by atoms with Crippen LogP contribution in [0.2, 0.25) is 0 Å². The molecule has 178 valence electrons. The molecule has 2 heterocycles. The molecular weight excluding hydrogens is 440 g/mol. The summed E-state index contributed by atoms with van der Waals surface area (Å²) in [6.07, 6.45) is 0.655. The Balaban J connectivity index is 1.75. The number of hydrogen-bond donors (Lipinski definition) is 1. The number of anilines is 1. The molecule has 0 spiro atoms. The maximum Gasteiger partial charge on any atom is 0.414 e. The van der Waals surface area contributed by atoms with E-state index in [9.17, 15) is 14.4 Å². The molecule has 2 aromatic carbocycles. The maximum atomic E-state index is 12.7. The number of carbonyl (C=O) groups is 3. The summed E-state index contributed by atoms with van der Waals surface area (Å²) < 4.78 is 21.9. The summed E-state index contributed by atoms with van der Waals surface area (Å²) in [6, 6.07) is 13.2. The number of nitrogens with one attached hydrogen (secondary N) is 1. The number of ether oxygens (including phenoxy) is 4. The monoisotopic (exact) mass is 466 g/mol. The van der Waals surface area contributed by atoms with Crippen LogP contribution in [0.25, 0.3) is 10.9 Å². The van der Waals surface area contributed by atoms with Gasteiger partial charge in [0.05, 0.1) is 51.3 Å². The maximum absolute atomic E-state index is 12.7. The molecule has 3 aromatic rings. The third kappa shape index (κ3) is 4.74. The second kappa shape index (κ2) is 10.4. The van der Waals surface area contributed by atoms with E-state index < -0.39 is 12.1 Å². The van der Waals surface area contributed by atoms with Gasteiger partial charge in [0.1, 0.15) is 17.7 Å². The number of aromatic amines is 1. The number of methoxy groups -OCH3 is 2. The predicted octanol–water partition coefficient (Wildman–Crippen LogP) is 3.64. The Morgan fingerprint density at radius 3 is 2.65 bits per heavy atom. The summed E-state index contributed by atoms with van der Waals surface area (Å²) >= 11 is 0. The molecule has 0 saturated carbocycles. The van der Waals surface area contributed by atoms with Crippen LogP contribution in [0, 0.1) is 0 Å². The summed E-state index contributed by atoms with van der Waals surface area (Å²) in [6.45, 7) is 0.845.